The largest absolute Gasteiger partial charge is 0.501 e. The van der Waals surface area contributed by atoms with E-state index in [0.29, 0.717) is 5.69 Å². The maximum atomic E-state index is 12.3. The summed E-state index contributed by atoms with van der Waals surface area (Å²) in [4.78, 5) is -0.806. The van der Waals surface area contributed by atoms with Crippen molar-refractivity contribution >= 4 is 15.5 Å². The molecule has 8 heteroatoms. The molecule has 4 nitrogen and oxygen atoms in total. The highest BCUT2D eigenvalue weighted by Gasteiger charge is 2.46. The van der Waals surface area contributed by atoms with Gasteiger partial charge in [0.2, 0.25) is 0 Å². The molecular formula is C12H16F3NO3S. The lowest BCUT2D eigenvalue weighted by molar-refractivity contribution is -0.0436. The maximum absolute atomic E-state index is 12.3. The smallest absolute Gasteiger partial charge is 0.391 e. The van der Waals surface area contributed by atoms with Crippen LogP contribution in [0.5, 0.6) is 0 Å². The Morgan fingerprint density at radius 3 is 2.10 bits per heavy atom. The molecule has 1 aromatic carbocycles. The molecule has 0 fully saturated rings. The predicted octanol–water partition coefficient (Wildman–Crippen LogP) is 2.41. The Kier molecular flexibility index (Phi) is 5.04. The molecule has 0 aliphatic heterocycles. The first-order valence-corrected chi connectivity index (χ1v) is 7.37. The van der Waals surface area contributed by atoms with Crippen molar-refractivity contribution in [3.8, 4) is 0 Å². The standard InChI is InChI=1S/C12H16F3NO3S/c1-8(2)11(17)7-16-9-3-5-10(6-4-9)20(18,19)12(13,14)15/h3-6,8,11,16-17H,7H2,1-2H3. The van der Waals surface area contributed by atoms with E-state index in [4.69, 9.17) is 0 Å². The summed E-state index contributed by atoms with van der Waals surface area (Å²) >= 11 is 0. The summed E-state index contributed by atoms with van der Waals surface area (Å²) in [5.74, 6) is 0.0346. The molecule has 1 aromatic rings. The number of alkyl halides is 3. The van der Waals surface area contributed by atoms with Crippen molar-refractivity contribution in [2.24, 2.45) is 5.92 Å². The summed E-state index contributed by atoms with van der Waals surface area (Å²) in [6.07, 6.45) is -0.603. The molecule has 0 saturated carbocycles. The monoisotopic (exact) mass is 311 g/mol. The highest BCUT2D eigenvalue weighted by Crippen LogP contribution is 2.30. The van der Waals surface area contributed by atoms with Gasteiger partial charge in [-0.3, -0.25) is 0 Å². The number of nitrogens with one attached hydrogen (secondary N) is 1. The fourth-order valence-corrected chi connectivity index (χ4v) is 2.11. The average molecular weight is 311 g/mol. The van der Waals surface area contributed by atoms with Gasteiger partial charge in [0.05, 0.1) is 11.0 Å². The Balaban J connectivity index is 2.80. The van der Waals surface area contributed by atoms with Gasteiger partial charge in [0, 0.05) is 12.2 Å². The first-order chi connectivity index (χ1) is 9.05. The molecule has 0 aliphatic rings. The van der Waals surface area contributed by atoms with Gasteiger partial charge in [0.25, 0.3) is 9.84 Å². The normalized spacial score (nSPS) is 14.3. The van der Waals surface area contributed by atoms with Gasteiger partial charge in [-0.05, 0) is 30.2 Å². The molecule has 20 heavy (non-hydrogen) atoms. The van der Waals surface area contributed by atoms with Gasteiger partial charge < -0.3 is 10.4 Å². The van der Waals surface area contributed by atoms with E-state index in [1.54, 1.807) is 0 Å². The topological polar surface area (TPSA) is 66.4 Å². The van der Waals surface area contributed by atoms with E-state index in [2.05, 4.69) is 5.32 Å². The third kappa shape index (κ3) is 3.86. The van der Waals surface area contributed by atoms with Crippen molar-refractivity contribution in [2.45, 2.75) is 30.4 Å². The molecule has 1 unspecified atom stereocenters. The van der Waals surface area contributed by atoms with Gasteiger partial charge in [-0.15, -0.1) is 0 Å². The number of benzene rings is 1. The van der Waals surface area contributed by atoms with Crippen molar-refractivity contribution in [1.29, 1.82) is 0 Å². The minimum atomic E-state index is -5.32. The fourth-order valence-electron chi connectivity index (χ4n) is 1.34. The number of anilines is 1. The summed E-state index contributed by atoms with van der Waals surface area (Å²) in [6, 6.07) is 4.22. The summed E-state index contributed by atoms with van der Waals surface area (Å²) in [6.45, 7) is 3.87. The van der Waals surface area contributed by atoms with Crippen LogP contribution >= 0.6 is 0 Å². The number of hydrogen-bond donors (Lipinski definition) is 2. The molecule has 0 aliphatic carbocycles. The second kappa shape index (κ2) is 6.01. The Morgan fingerprint density at radius 2 is 1.70 bits per heavy atom. The maximum Gasteiger partial charge on any atom is 0.501 e. The zero-order chi connectivity index (χ0) is 15.6. The number of hydrogen-bond acceptors (Lipinski definition) is 4. The molecule has 0 heterocycles. The van der Waals surface area contributed by atoms with Gasteiger partial charge in [0.15, 0.2) is 0 Å². The van der Waals surface area contributed by atoms with Gasteiger partial charge >= 0.3 is 5.51 Å². The van der Waals surface area contributed by atoms with E-state index in [1.807, 2.05) is 13.8 Å². The molecule has 0 saturated heterocycles. The Bertz CT molecular complexity index is 538. The highest BCUT2D eigenvalue weighted by atomic mass is 32.2. The number of aliphatic hydroxyl groups is 1. The van der Waals surface area contributed by atoms with Gasteiger partial charge in [0.1, 0.15) is 0 Å². The van der Waals surface area contributed by atoms with Gasteiger partial charge in [-0.1, -0.05) is 13.8 Å². The summed E-state index contributed by atoms with van der Waals surface area (Å²) in [5, 5.41) is 12.4. The quantitative estimate of drug-likeness (QED) is 0.876. The lowest BCUT2D eigenvalue weighted by Crippen LogP contribution is -2.25. The minimum Gasteiger partial charge on any atom is -0.391 e. The molecule has 0 bridgehead atoms. The van der Waals surface area contributed by atoms with E-state index >= 15 is 0 Å². The molecule has 114 valence electrons. The van der Waals surface area contributed by atoms with Gasteiger partial charge in [-0.2, -0.15) is 13.2 Å². The van der Waals surface area contributed by atoms with Crippen molar-refractivity contribution in [2.75, 3.05) is 11.9 Å². The second-order valence-corrected chi connectivity index (χ2v) is 6.61. The Hall–Kier alpha value is -1.28. The van der Waals surface area contributed by atoms with E-state index in [0.717, 1.165) is 12.1 Å². The van der Waals surface area contributed by atoms with Crippen LogP contribution in [0.25, 0.3) is 0 Å². The number of rotatable bonds is 5. The predicted molar refractivity (Wildman–Crippen MR) is 69.0 cm³/mol. The molecule has 0 aromatic heterocycles. The van der Waals surface area contributed by atoms with Crippen molar-refractivity contribution in [1.82, 2.24) is 0 Å². The van der Waals surface area contributed by atoms with E-state index in [1.165, 1.54) is 12.1 Å². The third-order valence-corrected chi connectivity index (χ3v) is 4.26. The van der Waals surface area contributed by atoms with E-state index in [9.17, 15) is 26.7 Å². The zero-order valence-corrected chi connectivity index (χ0v) is 11.8. The highest BCUT2D eigenvalue weighted by molar-refractivity contribution is 7.92. The van der Waals surface area contributed by atoms with Gasteiger partial charge in [-0.25, -0.2) is 8.42 Å². The Labute approximate surface area is 115 Å². The fraction of sp³-hybridized carbons (Fsp3) is 0.500. The van der Waals surface area contributed by atoms with Crippen LogP contribution in [0.4, 0.5) is 18.9 Å². The number of sulfone groups is 1. The summed E-state index contributed by atoms with van der Waals surface area (Å²) in [7, 11) is -5.32. The molecule has 1 rings (SSSR count). The molecule has 0 amide bonds. The van der Waals surface area contributed by atoms with Crippen LogP contribution in [0.1, 0.15) is 13.8 Å². The van der Waals surface area contributed by atoms with Crippen LogP contribution in [-0.2, 0) is 9.84 Å². The average Bonchev–Trinajstić information content (AvgIpc) is 2.34. The van der Waals surface area contributed by atoms with Crippen LogP contribution < -0.4 is 5.32 Å². The minimum absolute atomic E-state index is 0.0346. The number of halogens is 3. The molecule has 2 N–H and O–H groups in total. The first-order valence-electron chi connectivity index (χ1n) is 5.89. The lowest BCUT2D eigenvalue weighted by atomic mass is 10.1. The zero-order valence-electron chi connectivity index (χ0n) is 11.0. The van der Waals surface area contributed by atoms with Crippen LogP contribution in [0, 0.1) is 5.92 Å². The van der Waals surface area contributed by atoms with Crippen LogP contribution in [-0.4, -0.2) is 31.7 Å². The molecular weight excluding hydrogens is 295 g/mol. The molecule has 0 spiro atoms. The van der Waals surface area contributed by atoms with Crippen LogP contribution in [0.2, 0.25) is 0 Å². The summed E-state index contributed by atoms with van der Waals surface area (Å²) in [5.41, 5.74) is -4.87. The van der Waals surface area contributed by atoms with Crippen LogP contribution in [0.15, 0.2) is 29.2 Å². The van der Waals surface area contributed by atoms with E-state index < -0.39 is 26.3 Å². The molecule has 1 atom stereocenters. The third-order valence-electron chi connectivity index (χ3n) is 2.75. The van der Waals surface area contributed by atoms with Crippen molar-refractivity contribution < 1.29 is 26.7 Å². The Morgan fingerprint density at radius 1 is 1.20 bits per heavy atom. The van der Waals surface area contributed by atoms with Crippen molar-refractivity contribution in [3.05, 3.63) is 24.3 Å². The lowest BCUT2D eigenvalue weighted by Gasteiger charge is -2.16. The number of aliphatic hydroxyl groups excluding tert-OH is 1. The molecule has 0 radical (unpaired) electrons. The summed E-state index contributed by atoms with van der Waals surface area (Å²) < 4.78 is 59.2. The second-order valence-electron chi connectivity index (χ2n) is 4.67. The SMILES string of the molecule is CC(C)C(O)CNc1ccc(S(=O)(=O)C(F)(F)F)cc1. The van der Waals surface area contributed by atoms with E-state index in [-0.39, 0.29) is 12.5 Å². The first kappa shape index (κ1) is 16.8. The van der Waals surface area contributed by atoms with Crippen molar-refractivity contribution in [3.63, 3.8) is 0 Å². The van der Waals surface area contributed by atoms with Crippen LogP contribution in [0.3, 0.4) is 0 Å².